The van der Waals surface area contributed by atoms with Crippen molar-refractivity contribution in [1.82, 2.24) is 4.98 Å². The van der Waals surface area contributed by atoms with Crippen LogP contribution in [-0.2, 0) is 13.6 Å². The number of H-pyrrole nitrogens is 1. The van der Waals surface area contributed by atoms with Gasteiger partial charge in [0.1, 0.15) is 5.75 Å². The number of hydrogen-bond acceptors (Lipinski definition) is 4. The second kappa shape index (κ2) is 6.76. The molecule has 0 amide bonds. The third-order valence-corrected chi connectivity index (χ3v) is 5.00. The Kier molecular flexibility index (Phi) is 5.27. The molecule has 1 aromatic heterocycles. The van der Waals surface area contributed by atoms with Crippen molar-refractivity contribution in [2.24, 2.45) is 0 Å². The summed E-state index contributed by atoms with van der Waals surface area (Å²) >= 11 is 3.44. The smallest absolute Gasteiger partial charge is 0.367 e. The topological polar surface area (TPSA) is 60.5 Å². The van der Waals surface area contributed by atoms with Gasteiger partial charge in [0.05, 0.1) is 17.7 Å². The molecule has 0 unspecified atom stereocenters. The van der Waals surface area contributed by atoms with Crippen LogP contribution in [0.2, 0.25) is 0 Å². The zero-order chi connectivity index (χ0) is 14.6. The Morgan fingerprint density at radius 3 is 2.60 bits per heavy atom. The van der Waals surface area contributed by atoms with Gasteiger partial charge in [-0.15, -0.1) is 0 Å². The standard InChI is InChI=1S/C13H17BrNO4P/c1-3-18-20(16,19-4-2)9-17-13-8-12-10(5-6-15-12)7-11(13)14/h5-8,15H,3-4,9H2,1-2H3. The van der Waals surface area contributed by atoms with E-state index in [4.69, 9.17) is 13.8 Å². The summed E-state index contributed by atoms with van der Waals surface area (Å²) in [6.45, 7) is 4.17. The SMILES string of the molecule is CCOP(=O)(COc1cc2[nH]ccc2cc1Br)OCC. The van der Waals surface area contributed by atoms with Crippen molar-refractivity contribution >= 4 is 34.4 Å². The van der Waals surface area contributed by atoms with Gasteiger partial charge in [0.15, 0.2) is 6.35 Å². The molecule has 0 bridgehead atoms. The summed E-state index contributed by atoms with van der Waals surface area (Å²) < 4.78 is 29.1. The van der Waals surface area contributed by atoms with Crippen LogP contribution in [0.5, 0.6) is 5.75 Å². The lowest BCUT2D eigenvalue weighted by Crippen LogP contribution is -2.06. The van der Waals surface area contributed by atoms with Gasteiger partial charge in [0.25, 0.3) is 0 Å². The highest BCUT2D eigenvalue weighted by molar-refractivity contribution is 9.10. The van der Waals surface area contributed by atoms with E-state index in [2.05, 4.69) is 20.9 Å². The highest BCUT2D eigenvalue weighted by Crippen LogP contribution is 2.48. The summed E-state index contributed by atoms with van der Waals surface area (Å²) in [4.78, 5) is 3.10. The van der Waals surface area contributed by atoms with Crippen LogP contribution in [0.15, 0.2) is 28.9 Å². The van der Waals surface area contributed by atoms with Crippen LogP contribution in [0, 0.1) is 0 Å². The minimum absolute atomic E-state index is 0.112. The highest BCUT2D eigenvalue weighted by Gasteiger charge is 2.25. The molecular weight excluding hydrogens is 345 g/mol. The Balaban J connectivity index is 2.14. The molecule has 7 heteroatoms. The second-order valence-electron chi connectivity index (χ2n) is 4.07. The van der Waals surface area contributed by atoms with Crippen molar-refractivity contribution in [2.75, 3.05) is 19.6 Å². The van der Waals surface area contributed by atoms with Gasteiger partial charge in [-0.1, -0.05) is 0 Å². The molecule has 1 heterocycles. The summed E-state index contributed by atoms with van der Waals surface area (Å²) in [5.74, 6) is 0.597. The lowest BCUT2D eigenvalue weighted by Gasteiger charge is -2.18. The third-order valence-electron chi connectivity index (χ3n) is 2.64. The first-order chi connectivity index (χ1) is 9.58. The maximum Gasteiger partial charge on any atom is 0.367 e. The fraction of sp³-hybridized carbons (Fsp3) is 0.385. The predicted molar refractivity (Wildman–Crippen MR) is 82.4 cm³/mol. The van der Waals surface area contributed by atoms with E-state index < -0.39 is 7.60 Å². The summed E-state index contributed by atoms with van der Waals surface area (Å²) in [5.41, 5.74) is 0.950. The average molecular weight is 362 g/mol. The van der Waals surface area contributed by atoms with Crippen LogP contribution < -0.4 is 4.74 Å². The number of aromatic amines is 1. The van der Waals surface area contributed by atoms with E-state index in [1.165, 1.54) is 0 Å². The van der Waals surface area contributed by atoms with Crippen molar-refractivity contribution in [3.05, 3.63) is 28.9 Å². The predicted octanol–water partition coefficient (Wildman–Crippen LogP) is 4.53. The molecule has 0 fully saturated rings. The van der Waals surface area contributed by atoms with Gasteiger partial charge >= 0.3 is 7.60 Å². The highest BCUT2D eigenvalue weighted by atomic mass is 79.9. The number of rotatable bonds is 7. The van der Waals surface area contributed by atoms with Crippen LogP contribution in [0.25, 0.3) is 10.9 Å². The number of fused-ring (bicyclic) bond motifs is 1. The Morgan fingerprint density at radius 2 is 1.95 bits per heavy atom. The Labute approximate surface area is 126 Å². The third kappa shape index (κ3) is 3.64. The number of benzene rings is 1. The molecule has 1 N–H and O–H groups in total. The maximum atomic E-state index is 12.3. The van der Waals surface area contributed by atoms with Crippen molar-refractivity contribution in [3.63, 3.8) is 0 Å². The molecule has 0 radical (unpaired) electrons. The summed E-state index contributed by atoms with van der Waals surface area (Å²) in [6.07, 6.45) is 1.74. The fourth-order valence-electron chi connectivity index (χ4n) is 1.82. The molecular formula is C13H17BrNO4P. The van der Waals surface area contributed by atoms with E-state index >= 15 is 0 Å². The maximum absolute atomic E-state index is 12.3. The lowest BCUT2D eigenvalue weighted by atomic mass is 10.2. The molecule has 0 aliphatic rings. The van der Waals surface area contributed by atoms with Gasteiger partial charge < -0.3 is 18.8 Å². The minimum atomic E-state index is -3.20. The van der Waals surface area contributed by atoms with E-state index in [0.29, 0.717) is 19.0 Å². The Hall–Kier alpha value is -0.810. The molecule has 2 rings (SSSR count). The molecule has 0 saturated carbocycles. The molecule has 20 heavy (non-hydrogen) atoms. The number of hydrogen-bond donors (Lipinski definition) is 1. The van der Waals surface area contributed by atoms with E-state index in [1.807, 2.05) is 24.4 Å². The van der Waals surface area contributed by atoms with Crippen LogP contribution in [0.4, 0.5) is 0 Å². The van der Waals surface area contributed by atoms with Crippen LogP contribution in [-0.4, -0.2) is 24.5 Å². The fourth-order valence-corrected chi connectivity index (χ4v) is 3.60. The quantitative estimate of drug-likeness (QED) is 0.735. The second-order valence-corrected chi connectivity index (χ2v) is 6.92. The number of ether oxygens (including phenoxy) is 1. The summed E-state index contributed by atoms with van der Waals surface area (Å²) in [5, 5.41) is 1.07. The average Bonchev–Trinajstić information content (AvgIpc) is 2.83. The van der Waals surface area contributed by atoms with Gasteiger partial charge in [-0.2, -0.15) is 0 Å². The number of aromatic nitrogens is 1. The van der Waals surface area contributed by atoms with E-state index in [1.54, 1.807) is 13.8 Å². The Morgan fingerprint density at radius 1 is 1.25 bits per heavy atom. The summed E-state index contributed by atoms with van der Waals surface area (Å²) in [6, 6.07) is 5.75. The van der Waals surface area contributed by atoms with Gasteiger partial charge in [-0.3, -0.25) is 4.57 Å². The zero-order valence-corrected chi connectivity index (χ0v) is 13.9. The van der Waals surface area contributed by atoms with Gasteiger partial charge in [-0.05, 0) is 41.9 Å². The van der Waals surface area contributed by atoms with Gasteiger partial charge in [-0.25, -0.2) is 0 Å². The monoisotopic (exact) mass is 361 g/mol. The molecule has 110 valence electrons. The van der Waals surface area contributed by atoms with Gasteiger partial charge in [0.2, 0.25) is 0 Å². The molecule has 0 aliphatic carbocycles. The largest absolute Gasteiger partial charge is 0.480 e. The first-order valence-electron chi connectivity index (χ1n) is 6.35. The molecule has 5 nitrogen and oxygen atoms in total. The van der Waals surface area contributed by atoms with E-state index in [0.717, 1.165) is 15.4 Å². The number of nitrogens with one attached hydrogen (secondary N) is 1. The lowest BCUT2D eigenvalue weighted by molar-refractivity contribution is 0.196. The molecule has 0 saturated heterocycles. The minimum Gasteiger partial charge on any atom is -0.480 e. The first-order valence-corrected chi connectivity index (χ1v) is 8.87. The molecule has 1 aromatic carbocycles. The van der Waals surface area contributed by atoms with E-state index in [-0.39, 0.29) is 6.35 Å². The van der Waals surface area contributed by atoms with Crippen LogP contribution >= 0.6 is 23.5 Å². The van der Waals surface area contributed by atoms with E-state index in [9.17, 15) is 4.57 Å². The van der Waals surface area contributed by atoms with Crippen molar-refractivity contribution < 1.29 is 18.3 Å². The normalized spacial score (nSPS) is 11.9. The van der Waals surface area contributed by atoms with Crippen molar-refractivity contribution in [2.45, 2.75) is 13.8 Å². The van der Waals surface area contributed by atoms with Crippen molar-refractivity contribution in [1.29, 1.82) is 0 Å². The summed E-state index contributed by atoms with van der Waals surface area (Å²) in [7, 11) is -3.20. The van der Waals surface area contributed by atoms with Gasteiger partial charge in [0, 0.05) is 23.2 Å². The zero-order valence-electron chi connectivity index (χ0n) is 11.4. The molecule has 0 aliphatic heterocycles. The van der Waals surface area contributed by atoms with Crippen LogP contribution in [0.3, 0.4) is 0 Å². The number of halogens is 1. The molecule has 2 aromatic rings. The molecule has 0 atom stereocenters. The van der Waals surface area contributed by atoms with Crippen molar-refractivity contribution in [3.8, 4) is 5.75 Å². The van der Waals surface area contributed by atoms with Crippen LogP contribution in [0.1, 0.15) is 13.8 Å². The first kappa shape index (κ1) is 15.6. The molecule has 0 spiro atoms. The Bertz CT molecular complexity index is 618.